The molecule has 0 atom stereocenters. The highest BCUT2D eigenvalue weighted by Crippen LogP contribution is 2.46. The number of fused-ring (bicyclic) bond motifs is 4. The third kappa shape index (κ3) is 6.63. The van der Waals surface area contributed by atoms with E-state index in [0.717, 1.165) is 17.1 Å². The Morgan fingerprint density at radius 2 is 0.833 bits per heavy atom. The molecule has 1 heterocycles. The molecule has 0 N–H and O–H groups in total. The van der Waals surface area contributed by atoms with Gasteiger partial charge in [-0.15, -0.1) is 11.3 Å². The third-order valence-electron chi connectivity index (χ3n) is 11.6. The molecular formula is C58H39NS. The highest BCUT2D eigenvalue weighted by atomic mass is 32.1. The summed E-state index contributed by atoms with van der Waals surface area (Å²) in [4.78, 5) is 2.43. The number of rotatable bonds is 8. The minimum absolute atomic E-state index is 1.10. The lowest BCUT2D eigenvalue weighted by Crippen LogP contribution is -2.11. The second-order valence-electron chi connectivity index (χ2n) is 15.3. The van der Waals surface area contributed by atoms with Crippen molar-refractivity contribution >= 4 is 59.3 Å². The van der Waals surface area contributed by atoms with Crippen LogP contribution in [0, 0.1) is 0 Å². The smallest absolute Gasteiger partial charge is 0.0540 e. The Morgan fingerprint density at radius 1 is 0.283 bits per heavy atom. The van der Waals surface area contributed by atoms with Crippen molar-refractivity contribution in [1.82, 2.24) is 0 Å². The average Bonchev–Trinajstić information content (AvgIpc) is 3.71. The van der Waals surface area contributed by atoms with E-state index < -0.39 is 0 Å². The summed E-state index contributed by atoms with van der Waals surface area (Å²) < 4.78 is 2.55. The predicted molar refractivity (Wildman–Crippen MR) is 259 cm³/mol. The van der Waals surface area contributed by atoms with E-state index in [1.54, 1.807) is 0 Å². The molecule has 11 rings (SSSR count). The van der Waals surface area contributed by atoms with Crippen LogP contribution in [0.1, 0.15) is 0 Å². The van der Waals surface area contributed by atoms with Crippen LogP contribution >= 0.6 is 11.3 Å². The van der Waals surface area contributed by atoms with E-state index in [9.17, 15) is 0 Å². The third-order valence-corrected chi connectivity index (χ3v) is 12.8. The van der Waals surface area contributed by atoms with Crippen LogP contribution in [0.15, 0.2) is 237 Å². The highest BCUT2D eigenvalue weighted by Gasteiger charge is 2.20. The summed E-state index contributed by atoms with van der Waals surface area (Å²) in [5.41, 5.74) is 15.4. The molecule has 10 aromatic carbocycles. The Morgan fingerprint density at radius 3 is 1.55 bits per heavy atom. The molecule has 0 aliphatic heterocycles. The summed E-state index contributed by atoms with van der Waals surface area (Å²) in [6, 6.07) is 86.2. The lowest BCUT2D eigenvalue weighted by atomic mass is 9.91. The van der Waals surface area contributed by atoms with Crippen molar-refractivity contribution in [2.24, 2.45) is 0 Å². The average molecular weight is 782 g/mol. The van der Waals surface area contributed by atoms with Crippen LogP contribution in [0.25, 0.3) is 86.6 Å². The van der Waals surface area contributed by atoms with Gasteiger partial charge in [-0.1, -0.05) is 170 Å². The first-order valence-corrected chi connectivity index (χ1v) is 21.3. The number of hydrogen-bond donors (Lipinski definition) is 0. The molecule has 0 fully saturated rings. The Labute approximate surface area is 354 Å². The number of hydrogen-bond acceptors (Lipinski definition) is 2. The van der Waals surface area contributed by atoms with E-state index >= 15 is 0 Å². The van der Waals surface area contributed by atoms with Crippen molar-refractivity contribution < 1.29 is 0 Å². The van der Waals surface area contributed by atoms with Crippen molar-refractivity contribution in [3.05, 3.63) is 237 Å². The maximum Gasteiger partial charge on any atom is 0.0540 e. The summed E-state index contributed by atoms with van der Waals surface area (Å²) in [5.74, 6) is 0. The molecule has 0 aliphatic rings. The molecule has 0 spiro atoms. The Kier molecular flexibility index (Phi) is 9.11. The minimum atomic E-state index is 1.10. The maximum atomic E-state index is 2.43. The second-order valence-corrected chi connectivity index (χ2v) is 16.4. The van der Waals surface area contributed by atoms with Gasteiger partial charge >= 0.3 is 0 Å². The topological polar surface area (TPSA) is 3.24 Å². The number of para-hydroxylation sites is 1. The molecule has 1 aromatic heterocycles. The predicted octanol–water partition coefficient (Wildman–Crippen LogP) is 17.0. The van der Waals surface area contributed by atoms with Crippen LogP contribution in [0.3, 0.4) is 0 Å². The van der Waals surface area contributed by atoms with E-state index in [1.807, 2.05) is 11.3 Å². The maximum absolute atomic E-state index is 2.43. The van der Waals surface area contributed by atoms with E-state index in [1.165, 1.54) is 86.6 Å². The minimum Gasteiger partial charge on any atom is -0.310 e. The molecule has 1 nitrogen and oxygen atoms in total. The van der Waals surface area contributed by atoms with Gasteiger partial charge in [-0.25, -0.2) is 0 Å². The SMILES string of the molecule is c1ccc(-c2cc(-c3ccccc3)cc(-c3cccc4sc5ccc(N(c6ccc(-c7ccc8ccccc8c7)cc6)c6ccccc6-c6ccccc6)cc5c34)c2)cc1. The Balaban J connectivity index is 1.09. The monoisotopic (exact) mass is 781 g/mol. The van der Waals surface area contributed by atoms with Gasteiger partial charge in [0.15, 0.2) is 0 Å². The lowest BCUT2D eigenvalue weighted by Gasteiger charge is -2.28. The number of anilines is 3. The van der Waals surface area contributed by atoms with Crippen LogP contribution < -0.4 is 4.90 Å². The molecule has 60 heavy (non-hydrogen) atoms. The molecule has 0 radical (unpaired) electrons. The number of thiophene rings is 1. The van der Waals surface area contributed by atoms with Gasteiger partial charge in [-0.2, -0.15) is 0 Å². The number of nitrogens with zero attached hydrogens (tertiary/aromatic N) is 1. The van der Waals surface area contributed by atoms with Crippen LogP contribution in [0.2, 0.25) is 0 Å². The summed E-state index contributed by atoms with van der Waals surface area (Å²) in [6.07, 6.45) is 0. The van der Waals surface area contributed by atoms with Gasteiger partial charge in [0, 0.05) is 37.1 Å². The van der Waals surface area contributed by atoms with E-state index in [-0.39, 0.29) is 0 Å². The molecular weight excluding hydrogens is 743 g/mol. The second kappa shape index (κ2) is 15.3. The normalized spacial score (nSPS) is 11.3. The molecule has 11 aromatic rings. The molecule has 0 bridgehead atoms. The molecule has 282 valence electrons. The fraction of sp³-hybridized carbons (Fsp3) is 0. The van der Waals surface area contributed by atoms with E-state index in [0.29, 0.717) is 0 Å². The molecule has 0 amide bonds. The fourth-order valence-corrected chi connectivity index (χ4v) is 9.81. The van der Waals surface area contributed by atoms with Crippen molar-refractivity contribution in [1.29, 1.82) is 0 Å². The van der Waals surface area contributed by atoms with Gasteiger partial charge in [0.1, 0.15) is 0 Å². The quantitative estimate of drug-likeness (QED) is 0.148. The molecule has 2 heteroatoms. The van der Waals surface area contributed by atoms with Crippen molar-refractivity contribution in [3.8, 4) is 55.6 Å². The van der Waals surface area contributed by atoms with Crippen LogP contribution in [0.5, 0.6) is 0 Å². The van der Waals surface area contributed by atoms with Gasteiger partial charge in [-0.05, 0) is 128 Å². The summed E-state index contributed by atoms with van der Waals surface area (Å²) >= 11 is 1.87. The van der Waals surface area contributed by atoms with Crippen molar-refractivity contribution in [2.75, 3.05) is 4.90 Å². The number of benzene rings is 10. The zero-order valence-electron chi connectivity index (χ0n) is 32.9. The molecule has 0 aliphatic carbocycles. The Bertz CT molecular complexity index is 3240. The first-order valence-electron chi connectivity index (χ1n) is 20.5. The standard InChI is InChI=1S/C58H39NS/c1-4-15-40(16-5-1)47-36-48(41-17-6-2-7-18-41)38-49(37-47)53-24-14-26-57-58(53)54-39-51(33-34-56(54)60-57)59(55-25-13-12-23-52(55)44-20-8-3-9-21-44)50-31-29-43(30-32-50)46-28-27-42-19-10-11-22-45(42)35-46/h1-39H. The zero-order chi connectivity index (χ0) is 39.8. The van der Waals surface area contributed by atoms with Gasteiger partial charge in [0.2, 0.25) is 0 Å². The highest BCUT2D eigenvalue weighted by molar-refractivity contribution is 7.26. The largest absolute Gasteiger partial charge is 0.310 e. The van der Waals surface area contributed by atoms with Crippen molar-refractivity contribution in [3.63, 3.8) is 0 Å². The first kappa shape index (κ1) is 35.6. The van der Waals surface area contributed by atoms with E-state index in [4.69, 9.17) is 0 Å². The van der Waals surface area contributed by atoms with Crippen LogP contribution in [0.4, 0.5) is 17.1 Å². The first-order chi connectivity index (χ1) is 29.7. The molecule has 0 saturated heterocycles. The fourth-order valence-electron chi connectivity index (χ4n) is 8.70. The van der Waals surface area contributed by atoms with Crippen molar-refractivity contribution in [2.45, 2.75) is 0 Å². The zero-order valence-corrected chi connectivity index (χ0v) is 33.7. The summed E-state index contributed by atoms with van der Waals surface area (Å²) in [7, 11) is 0. The molecule has 0 unspecified atom stereocenters. The summed E-state index contributed by atoms with van der Waals surface area (Å²) in [6.45, 7) is 0. The van der Waals surface area contributed by atoms with Gasteiger partial charge in [-0.3, -0.25) is 0 Å². The lowest BCUT2D eigenvalue weighted by molar-refractivity contribution is 1.29. The van der Waals surface area contributed by atoms with Gasteiger partial charge in [0.25, 0.3) is 0 Å². The van der Waals surface area contributed by atoms with Gasteiger partial charge in [0.05, 0.1) is 5.69 Å². The Hall–Kier alpha value is -7.52. The van der Waals surface area contributed by atoms with Gasteiger partial charge < -0.3 is 4.90 Å². The summed E-state index contributed by atoms with van der Waals surface area (Å²) in [5, 5.41) is 5.04. The van der Waals surface area contributed by atoms with E-state index in [2.05, 4.69) is 241 Å². The molecule has 0 saturated carbocycles. The van der Waals surface area contributed by atoms with Crippen LogP contribution in [-0.2, 0) is 0 Å². The van der Waals surface area contributed by atoms with Crippen LogP contribution in [-0.4, -0.2) is 0 Å².